The van der Waals surface area contributed by atoms with E-state index in [-0.39, 0.29) is 23.7 Å². The quantitative estimate of drug-likeness (QED) is 0.444. The summed E-state index contributed by atoms with van der Waals surface area (Å²) in [5.74, 6) is -1.84. The predicted molar refractivity (Wildman–Crippen MR) is 118 cm³/mol. The first-order valence-corrected chi connectivity index (χ1v) is 10.1. The van der Waals surface area contributed by atoms with Crippen LogP contribution in [-0.2, 0) is 25.7 Å². The minimum absolute atomic E-state index is 0.142. The molecule has 0 bridgehead atoms. The predicted octanol–water partition coefficient (Wildman–Crippen LogP) is 1.71. The van der Waals surface area contributed by atoms with Gasteiger partial charge in [-0.25, -0.2) is 0 Å². The molecule has 0 spiro atoms. The minimum Gasteiger partial charge on any atom is -0.497 e. The number of hydrogen-bond donors (Lipinski definition) is 3. The van der Waals surface area contributed by atoms with E-state index in [1.54, 1.807) is 25.3 Å². The van der Waals surface area contributed by atoms with Crippen LogP contribution in [0.5, 0.6) is 5.75 Å². The van der Waals surface area contributed by atoms with Crippen molar-refractivity contribution in [1.82, 2.24) is 16.0 Å². The van der Waals surface area contributed by atoms with Crippen LogP contribution in [0.3, 0.4) is 0 Å². The summed E-state index contributed by atoms with van der Waals surface area (Å²) in [5, 5.41) is 7.76. The van der Waals surface area contributed by atoms with Crippen LogP contribution in [0.1, 0.15) is 15.9 Å². The molecule has 170 valence electrons. The van der Waals surface area contributed by atoms with Crippen LogP contribution in [-0.4, -0.2) is 50.5 Å². The second kappa shape index (κ2) is 12.5. The fourth-order valence-corrected chi connectivity index (χ4v) is 2.89. The van der Waals surface area contributed by atoms with Crippen LogP contribution in [0.15, 0.2) is 42.5 Å². The van der Waals surface area contributed by atoms with E-state index in [4.69, 9.17) is 32.7 Å². The summed E-state index contributed by atoms with van der Waals surface area (Å²) in [6.45, 7) is -1.10. The molecule has 0 aliphatic heterocycles. The molecule has 0 aliphatic rings. The molecule has 0 fully saturated rings. The number of amides is 3. The third-order valence-electron chi connectivity index (χ3n) is 4.00. The van der Waals surface area contributed by atoms with E-state index in [0.717, 1.165) is 5.56 Å². The number of nitrogens with one attached hydrogen (secondary N) is 3. The zero-order valence-electron chi connectivity index (χ0n) is 17.1. The van der Waals surface area contributed by atoms with Crippen LogP contribution < -0.4 is 20.7 Å². The number of benzene rings is 2. The fourth-order valence-electron chi connectivity index (χ4n) is 2.39. The highest BCUT2D eigenvalue weighted by molar-refractivity contribution is 6.36. The molecule has 3 N–H and O–H groups in total. The molecular formula is C21H21Cl2N3O6. The third kappa shape index (κ3) is 8.44. The average Bonchev–Trinajstić information content (AvgIpc) is 2.78. The first-order valence-electron chi connectivity index (χ1n) is 9.33. The molecule has 0 atom stereocenters. The molecule has 0 unspecified atom stereocenters. The molecule has 0 heterocycles. The lowest BCUT2D eigenvalue weighted by Crippen LogP contribution is -2.40. The van der Waals surface area contributed by atoms with Crippen molar-refractivity contribution in [2.75, 3.05) is 26.8 Å². The van der Waals surface area contributed by atoms with Crippen LogP contribution in [0.2, 0.25) is 10.0 Å². The first kappa shape index (κ1) is 25.0. The van der Waals surface area contributed by atoms with E-state index in [2.05, 4.69) is 16.0 Å². The van der Waals surface area contributed by atoms with Gasteiger partial charge in [-0.1, -0.05) is 35.3 Å². The Bertz CT molecular complexity index is 999. The van der Waals surface area contributed by atoms with Gasteiger partial charge in [-0.05, 0) is 35.9 Å². The number of esters is 1. The van der Waals surface area contributed by atoms with Crippen molar-refractivity contribution in [3.63, 3.8) is 0 Å². The Morgan fingerprint density at radius 3 is 2.41 bits per heavy atom. The topological polar surface area (TPSA) is 123 Å². The fraction of sp³-hybridized carbons (Fsp3) is 0.238. The van der Waals surface area contributed by atoms with E-state index in [9.17, 15) is 19.2 Å². The maximum Gasteiger partial charge on any atom is 0.325 e. The van der Waals surface area contributed by atoms with Gasteiger partial charge in [0, 0.05) is 11.6 Å². The van der Waals surface area contributed by atoms with Crippen LogP contribution >= 0.6 is 23.2 Å². The molecule has 11 heteroatoms. The maximum absolute atomic E-state index is 12.0. The van der Waals surface area contributed by atoms with Crippen molar-refractivity contribution >= 4 is 46.9 Å². The lowest BCUT2D eigenvalue weighted by Gasteiger charge is -2.09. The molecule has 2 aromatic rings. The molecule has 2 rings (SSSR count). The van der Waals surface area contributed by atoms with Crippen molar-refractivity contribution in [1.29, 1.82) is 0 Å². The summed E-state index contributed by atoms with van der Waals surface area (Å²) in [7, 11) is 1.54. The van der Waals surface area contributed by atoms with Gasteiger partial charge in [0.1, 0.15) is 12.3 Å². The van der Waals surface area contributed by atoms with Crippen LogP contribution in [0.4, 0.5) is 0 Å². The van der Waals surface area contributed by atoms with E-state index in [1.165, 1.54) is 18.2 Å². The summed E-state index contributed by atoms with van der Waals surface area (Å²) in [6, 6.07) is 11.5. The highest BCUT2D eigenvalue weighted by Gasteiger charge is 2.13. The maximum atomic E-state index is 12.0. The van der Waals surface area contributed by atoms with E-state index in [1.807, 2.05) is 6.07 Å². The van der Waals surface area contributed by atoms with Crippen molar-refractivity contribution in [3.8, 4) is 5.75 Å². The summed E-state index contributed by atoms with van der Waals surface area (Å²) < 4.78 is 9.90. The lowest BCUT2D eigenvalue weighted by atomic mass is 10.2. The SMILES string of the molecule is COc1cccc(CNC(=O)COC(=O)CNC(=O)CNC(=O)c2ccc(Cl)cc2Cl)c1. The Balaban J connectivity index is 1.63. The van der Waals surface area contributed by atoms with Gasteiger partial charge in [-0.15, -0.1) is 0 Å². The minimum atomic E-state index is -0.804. The normalized spacial score (nSPS) is 10.1. The smallest absolute Gasteiger partial charge is 0.325 e. The van der Waals surface area contributed by atoms with Gasteiger partial charge >= 0.3 is 5.97 Å². The standard InChI is InChI=1S/C21H21Cl2N3O6/c1-31-15-4-2-3-13(7-15)9-24-19(28)12-32-20(29)11-25-18(27)10-26-21(30)16-6-5-14(22)8-17(16)23/h2-8H,9-12H2,1H3,(H,24,28)(H,25,27)(H,26,30). The zero-order chi connectivity index (χ0) is 23.5. The monoisotopic (exact) mass is 481 g/mol. The molecule has 32 heavy (non-hydrogen) atoms. The summed E-state index contributed by atoms with van der Waals surface area (Å²) >= 11 is 11.7. The number of ether oxygens (including phenoxy) is 2. The van der Waals surface area contributed by atoms with Crippen molar-refractivity contribution in [3.05, 3.63) is 63.6 Å². The molecule has 0 radical (unpaired) electrons. The van der Waals surface area contributed by atoms with Crippen LogP contribution in [0, 0.1) is 0 Å². The van der Waals surface area contributed by atoms with E-state index < -0.39 is 36.8 Å². The average molecular weight is 482 g/mol. The number of hydrogen-bond acceptors (Lipinski definition) is 6. The molecular weight excluding hydrogens is 461 g/mol. The van der Waals surface area contributed by atoms with Gasteiger partial charge in [0.25, 0.3) is 11.8 Å². The number of halogens is 2. The second-order valence-electron chi connectivity index (χ2n) is 6.37. The van der Waals surface area contributed by atoms with Crippen molar-refractivity contribution in [2.24, 2.45) is 0 Å². The molecule has 0 aliphatic carbocycles. The molecule has 2 aromatic carbocycles. The number of methoxy groups -OCH3 is 1. The molecule has 0 saturated heterocycles. The van der Waals surface area contributed by atoms with Gasteiger partial charge in [0.05, 0.1) is 24.2 Å². The summed E-state index contributed by atoms with van der Waals surface area (Å²) in [5.41, 5.74) is 0.974. The Hall–Kier alpha value is -3.30. The van der Waals surface area contributed by atoms with Gasteiger partial charge in [0.2, 0.25) is 5.91 Å². The summed E-state index contributed by atoms with van der Waals surface area (Å²) in [6.07, 6.45) is 0. The lowest BCUT2D eigenvalue weighted by molar-refractivity contribution is -0.148. The Morgan fingerprint density at radius 2 is 1.69 bits per heavy atom. The molecule has 3 amide bonds. The second-order valence-corrected chi connectivity index (χ2v) is 7.22. The Morgan fingerprint density at radius 1 is 0.906 bits per heavy atom. The van der Waals surface area contributed by atoms with Crippen LogP contribution in [0.25, 0.3) is 0 Å². The first-order chi connectivity index (χ1) is 15.3. The highest BCUT2D eigenvalue weighted by Crippen LogP contribution is 2.20. The highest BCUT2D eigenvalue weighted by atomic mass is 35.5. The zero-order valence-corrected chi connectivity index (χ0v) is 18.6. The molecule has 0 saturated carbocycles. The Kier molecular flexibility index (Phi) is 9.77. The van der Waals surface area contributed by atoms with E-state index in [0.29, 0.717) is 10.8 Å². The van der Waals surface area contributed by atoms with Gasteiger partial charge in [0.15, 0.2) is 6.61 Å². The van der Waals surface area contributed by atoms with Gasteiger partial charge in [-0.2, -0.15) is 0 Å². The number of rotatable bonds is 10. The third-order valence-corrected chi connectivity index (χ3v) is 4.55. The number of carbonyl (C=O) groups is 4. The Labute approximate surface area is 194 Å². The molecule has 9 nitrogen and oxygen atoms in total. The number of carbonyl (C=O) groups excluding carboxylic acids is 4. The van der Waals surface area contributed by atoms with E-state index >= 15 is 0 Å². The van der Waals surface area contributed by atoms with Gasteiger partial charge in [-0.3, -0.25) is 19.2 Å². The molecule has 0 aromatic heterocycles. The summed E-state index contributed by atoms with van der Waals surface area (Å²) in [4.78, 5) is 47.3. The van der Waals surface area contributed by atoms with Crippen molar-refractivity contribution in [2.45, 2.75) is 6.54 Å². The largest absolute Gasteiger partial charge is 0.497 e. The van der Waals surface area contributed by atoms with Crippen molar-refractivity contribution < 1.29 is 28.7 Å². The van der Waals surface area contributed by atoms with Gasteiger partial charge < -0.3 is 25.4 Å².